The monoisotopic (exact) mass is 342 g/mol. The van der Waals surface area contributed by atoms with E-state index in [9.17, 15) is 0 Å². The van der Waals surface area contributed by atoms with Crippen LogP contribution < -0.4 is 11.3 Å². The molecule has 0 radical (unpaired) electrons. The van der Waals surface area contributed by atoms with E-state index >= 15 is 0 Å². The normalized spacial score (nSPS) is 30.8. The molecule has 1 aromatic carbocycles. The SMILES string of the molecule is NNC(CC1CC2CCC1C2)c1cc(Cl)cc(Br)c1. The second kappa shape index (κ2) is 5.72. The van der Waals surface area contributed by atoms with Crippen molar-refractivity contribution >= 4 is 27.5 Å². The van der Waals surface area contributed by atoms with Gasteiger partial charge in [-0.25, -0.2) is 0 Å². The fourth-order valence-electron chi connectivity index (χ4n) is 4.04. The van der Waals surface area contributed by atoms with Crippen molar-refractivity contribution < 1.29 is 0 Å². The minimum Gasteiger partial charge on any atom is -0.271 e. The van der Waals surface area contributed by atoms with Gasteiger partial charge in [0.05, 0.1) is 0 Å². The van der Waals surface area contributed by atoms with Crippen LogP contribution in [0.3, 0.4) is 0 Å². The summed E-state index contributed by atoms with van der Waals surface area (Å²) in [6.07, 6.45) is 6.84. The third-order valence-corrected chi connectivity index (χ3v) is 5.59. The number of fused-ring (bicyclic) bond motifs is 2. The first kappa shape index (κ1) is 13.9. The van der Waals surface area contributed by atoms with Gasteiger partial charge in [0.25, 0.3) is 0 Å². The Hall–Kier alpha value is -0.0900. The molecule has 0 aliphatic heterocycles. The number of halogens is 2. The van der Waals surface area contributed by atoms with Gasteiger partial charge in [0.2, 0.25) is 0 Å². The lowest BCUT2D eigenvalue weighted by Crippen LogP contribution is -2.30. The zero-order valence-electron chi connectivity index (χ0n) is 10.9. The second-order valence-electron chi connectivity index (χ2n) is 6.09. The van der Waals surface area contributed by atoms with E-state index in [1.807, 2.05) is 12.1 Å². The van der Waals surface area contributed by atoms with Crippen molar-refractivity contribution in [3.63, 3.8) is 0 Å². The number of rotatable bonds is 4. The summed E-state index contributed by atoms with van der Waals surface area (Å²) in [6.45, 7) is 0. The Kier molecular flexibility index (Phi) is 4.18. The Bertz CT molecular complexity index is 445. The van der Waals surface area contributed by atoms with Crippen LogP contribution in [0.5, 0.6) is 0 Å². The third-order valence-electron chi connectivity index (χ3n) is 4.91. The summed E-state index contributed by atoms with van der Waals surface area (Å²) in [7, 11) is 0. The Labute approximate surface area is 128 Å². The molecular formula is C15H20BrClN2. The molecule has 3 N–H and O–H groups in total. The molecule has 2 aliphatic rings. The fraction of sp³-hybridized carbons (Fsp3) is 0.600. The number of hydrogen-bond donors (Lipinski definition) is 2. The zero-order chi connectivity index (χ0) is 13.4. The van der Waals surface area contributed by atoms with Crippen LogP contribution in [0.1, 0.15) is 43.7 Å². The molecule has 19 heavy (non-hydrogen) atoms. The summed E-state index contributed by atoms with van der Waals surface area (Å²) < 4.78 is 1.02. The molecule has 4 unspecified atom stereocenters. The highest BCUT2D eigenvalue weighted by Gasteiger charge is 2.40. The lowest BCUT2D eigenvalue weighted by Gasteiger charge is -2.26. The van der Waals surface area contributed by atoms with E-state index in [-0.39, 0.29) is 6.04 Å². The largest absolute Gasteiger partial charge is 0.271 e. The molecule has 0 aromatic heterocycles. The molecule has 4 heteroatoms. The minimum atomic E-state index is 0.208. The van der Waals surface area contributed by atoms with E-state index in [1.54, 1.807) is 0 Å². The maximum absolute atomic E-state index is 6.13. The van der Waals surface area contributed by atoms with Crippen LogP contribution in [-0.2, 0) is 0 Å². The first-order chi connectivity index (χ1) is 9.15. The van der Waals surface area contributed by atoms with Crippen molar-refractivity contribution in [1.29, 1.82) is 0 Å². The lowest BCUT2D eigenvalue weighted by atomic mass is 9.83. The Morgan fingerprint density at radius 3 is 2.74 bits per heavy atom. The average molecular weight is 344 g/mol. The standard InChI is InChI=1S/C15H20BrClN2/c16-13-5-12(6-14(17)8-13)15(19-18)7-11-4-9-1-2-10(11)3-9/h5-6,8-11,15,19H,1-4,7,18H2. The van der Waals surface area contributed by atoms with E-state index in [0.29, 0.717) is 0 Å². The number of hydrazine groups is 1. The Morgan fingerprint density at radius 2 is 2.16 bits per heavy atom. The highest BCUT2D eigenvalue weighted by molar-refractivity contribution is 9.10. The first-order valence-electron chi connectivity index (χ1n) is 7.08. The van der Waals surface area contributed by atoms with Gasteiger partial charge in [-0.1, -0.05) is 34.0 Å². The van der Waals surface area contributed by atoms with E-state index < -0.39 is 0 Å². The average Bonchev–Trinajstić information content (AvgIpc) is 2.96. The molecule has 2 fully saturated rings. The van der Waals surface area contributed by atoms with Gasteiger partial charge in [-0.05, 0) is 67.2 Å². The van der Waals surface area contributed by atoms with Crippen LogP contribution in [-0.4, -0.2) is 0 Å². The van der Waals surface area contributed by atoms with Gasteiger partial charge < -0.3 is 0 Å². The van der Waals surface area contributed by atoms with E-state index in [4.69, 9.17) is 17.4 Å². The van der Waals surface area contributed by atoms with Gasteiger partial charge in [-0.15, -0.1) is 0 Å². The van der Waals surface area contributed by atoms with Crippen LogP contribution in [0.2, 0.25) is 5.02 Å². The summed E-state index contributed by atoms with van der Waals surface area (Å²) in [6, 6.07) is 6.25. The number of nitrogens with two attached hydrogens (primary N) is 1. The maximum Gasteiger partial charge on any atom is 0.0463 e. The molecule has 4 atom stereocenters. The molecule has 2 saturated carbocycles. The van der Waals surface area contributed by atoms with Gasteiger partial charge >= 0.3 is 0 Å². The highest BCUT2D eigenvalue weighted by Crippen LogP contribution is 2.51. The van der Waals surface area contributed by atoms with E-state index in [1.165, 1.54) is 31.2 Å². The van der Waals surface area contributed by atoms with Gasteiger partial charge in [0, 0.05) is 15.5 Å². The summed E-state index contributed by atoms with van der Waals surface area (Å²) in [5.74, 6) is 8.52. The molecule has 104 valence electrons. The summed E-state index contributed by atoms with van der Waals surface area (Å²) in [4.78, 5) is 0. The summed E-state index contributed by atoms with van der Waals surface area (Å²) in [5.41, 5.74) is 4.16. The quantitative estimate of drug-likeness (QED) is 0.627. The highest BCUT2D eigenvalue weighted by atomic mass is 79.9. The number of nitrogens with one attached hydrogen (secondary N) is 1. The van der Waals surface area contributed by atoms with E-state index in [2.05, 4.69) is 27.4 Å². The van der Waals surface area contributed by atoms with Crippen molar-refractivity contribution in [3.8, 4) is 0 Å². The van der Waals surface area contributed by atoms with Gasteiger partial charge in [0.15, 0.2) is 0 Å². The fourth-order valence-corrected chi connectivity index (χ4v) is 4.93. The van der Waals surface area contributed by atoms with Crippen molar-refractivity contribution in [2.24, 2.45) is 23.6 Å². The van der Waals surface area contributed by atoms with Gasteiger partial charge in [-0.2, -0.15) is 0 Å². The van der Waals surface area contributed by atoms with Crippen molar-refractivity contribution in [2.75, 3.05) is 0 Å². The first-order valence-corrected chi connectivity index (χ1v) is 8.25. The van der Waals surface area contributed by atoms with E-state index in [0.717, 1.165) is 33.7 Å². The number of benzene rings is 1. The Balaban J connectivity index is 1.73. The molecule has 0 heterocycles. The lowest BCUT2D eigenvalue weighted by molar-refractivity contribution is 0.280. The molecule has 2 aliphatic carbocycles. The molecule has 3 rings (SSSR count). The van der Waals surface area contributed by atoms with Crippen LogP contribution in [0.15, 0.2) is 22.7 Å². The summed E-state index contributed by atoms with van der Waals surface area (Å²) in [5, 5.41) is 0.762. The Morgan fingerprint density at radius 1 is 1.32 bits per heavy atom. The van der Waals surface area contributed by atoms with Crippen molar-refractivity contribution in [1.82, 2.24) is 5.43 Å². The third kappa shape index (κ3) is 2.99. The second-order valence-corrected chi connectivity index (χ2v) is 7.44. The van der Waals surface area contributed by atoms with Crippen LogP contribution in [0.4, 0.5) is 0 Å². The predicted molar refractivity (Wildman–Crippen MR) is 82.8 cm³/mol. The molecule has 0 spiro atoms. The maximum atomic E-state index is 6.13. The van der Waals surface area contributed by atoms with Gasteiger partial charge in [-0.3, -0.25) is 11.3 Å². The summed E-state index contributed by atoms with van der Waals surface area (Å²) >= 11 is 9.63. The molecule has 0 amide bonds. The van der Waals surface area contributed by atoms with Gasteiger partial charge in [0.1, 0.15) is 0 Å². The minimum absolute atomic E-state index is 0.208. The van der Waals surface area contributed by atoms with Crippen LogP contribution >= 0.6 is 27.5 Å². The van der Waals surface area contributed by atoms with Crippen molar-refractivity contribution in [3.05, 3.63) is 33.3 Å². The number of hydrogen-bond acceptors (Lipinski definition) is 2. The molecule has 2 bridgehead atoms. The molecule has 0 saturated heterocycles. The zero-order valence-corrected chi connectivity index (χ0v) is 13.3. The molecule has 1 aromatic rings. The molecule has 2 nitrogen and oxygen atoms in total. The topological polar surface area (TPSA) is 38.0 Å². The predicted octanol–water partition coefficient (Wildman–Crippen LogP) is 4.43. The molecular weight excluding hydrogens is 324 g/mol. The van der Waals surface area contributed by atoms with Crippen LogP contribution in [0, 0.1) is 17.8 Å². The smallest absolute Gasteiger partial charge is 0.0463 e. The van der Waals surface area contributed by atoms with Crippen LogP contribution in [0.25, 0.3) is 0 Å². The van der Waals surface area contributed by atoms with Crippen molar-refractivity contribution in [2.45, 2.75) is 38.1 Å².